The molecule has 3 rings (SSSR count). The minimum atomic E-state index is -0.419. The van der Waals surface area contributed by atoms with Crippen LogP contribution in [0.2, 0.25) is 0 Å². The number of benzene rings is 1. The number of aryl methyl sites for hydroxylation is 1. The quantitative estimate of drug-likeness (QED) is 0.518. The monoisotopic (exact) mass is 287 g/mol. The number of hydrogen-bond acceptors (Lipinski definition) is 6. The van der Waals surface area contributed by atoms with Gasteiger partial charge in [-0.2, -0.15) is 5.10 Å². The Morgan fingerprint density at radius 2 is 2.19 bits per heavy atom. The molecule has 2 heterocycles. The van der Waals surface area contributed by atoms with E-state index in [4.69, 9.17) is 0 Å². The summed E-state index contributed by atoms with van der Waals surface area (Å²) in [6.45, 7) is 3.14. The zero-order chi connectivity index (χ0) is 14.8. The van der Waals surface area contributed by atoms with Crippen molar-refractivity contribution in [2.75, 3.05) is 0 Å². The fourth-order valence-corrected chi connectivity index (χ4v) is 2.15. The maximum Gasteiger partial charge on any atom is 0.271 e. The first-order valence-electron chi connectivity index (χ1n) is 6.54. The molecular formula is C12H13N7O2. The molecule has 9 heteroatoms. The molecular weight excluding hydrogens is 274 g/mol. The van der Waals surface area contributed by atoms with E-state index < -0.39 is 4.92 Å². The summed E-state index contributed by atoms with van der Waals surface area (Å²) in [5.74, 6) is 0.674. The summed E-state index contributed by atoms with van der Waals surface area (Å²) >= 11 is 0. The maximum absolute atomic E-state index is 10.9. The Bertz CT molecular complexity index is 792. The van der Waals surface area contributed by atoms with E-state index in [1.807, 2.05) is 6.92 Å². The minimum absolute atomic E-state index is 0.0393. The van der Waals surface area contributed by atoms with Gasteiger partial charge in [0.05, 0.1) is 16.6 Å². The Labute approximate surface area is 119 Å². The highest BCUT2D eigenvalue weighted by Crippen LogP contribution is 2.21. The summed E-state index contributed by atoms with van der Waals surface area (Å²) < 4.78 is 3.38. The van der Waals surface area contributed by atoms with Crippen LogP contribution in [0.1, 0.15) is 19.2 Å². The average Bonchev–Trinajstić information content (AvgIpc) is 3.07. The molecule has 2 aromatic heterocycles. The van der Waals surface area contributed by atoms with Crippen molar-refractivity contribution in [2.24, 2.45) is 0 Å². The van der Waals surface area contributed by atoms with Crippen LogP contribution >= 0.6 is 0 Å². The summed E-state index contributed by atoms with van der Waals surface area (Å²) in [5.41, 5.74) is 0.729. The largest absolute Gasteiger partial charge is 0.271 e. The van der Waals surface area contributed by atoms with Gasteiger partial charge < -0.3 is 0 Å². The second kappa shape index (κ2) is 5.27. The second-order valence-electron chi connectivity index (χ2n) is 4.62. The van der Waals surface area contributed by atoms with Crippen LogP contribution in [0.4, 0.5) is 5.69 Å². The number of rotatable bonds is 5. The Kier molecular flexibility index (Phi) is 3.30. The molecule has 0 radical (unpaired) electrons. The van der Waals surface area contributed by atoms with Gasteiger partial charge >= 0.3 is 0 Å². The molecule has 1 aromatic carbocycles. The molecule has 0 aliphatic rings. The summed E-state index contributed by atoms with van der Waals surface area (Å²) in [4.78, 5) is 10.5. The molecule has 3 aromatic rings. The van der Waals surface area contributed by atoms with Crippen LogP contribution < -0.4 is 0 Å². The Balaban J connectivity index is 1.98. The lowest BCUT2D eigenvalue weighted by Gasteiger charge is -2.04. The van der Waals surface area contributed by atoms with E-state index in [0.717, 1.165) is 18.4 Å². The number of tetrazole rings is 1. The van der Waals surface area contributed by atoms with Gasteiger partial charge in [0.2, 0.25) is 0 Å². The topological polar surface area (TPSA) is 105 Å². The van der Waals surface area contributed by atoms with Gasteiger partial charge in [-0.15, -0.1) is 5.10 Å². The third-order valence-electron chi connectivity index (χ3n) is 3.17. The number of nitro groups is 1. The highest BCUT2D eigenvalue weighted by atomic mass is 16.6. The fraction of sp³-hybridized carbons (Fsp3) is 0.333. The SMILES string of the molecule is CCCn1nnnc1Cn1ncc2ccc([N+](=O)[O-])cc21. The highest BCUT2D eigenvalue weighted by molar-refractivity contribution is 5.81. The molecule has 0 aliphatic carbocycles. The van der Waals surface area contributed by atoms with Gasteiger partial charge in [-0.3, -0.25) is 14.8 Å². The van der Waals surface area contributed by atoms with Crippen molar-refractivity contribution >= 4 is 16.6 Å². The van der Waals surface area contributed by atoms with E-state index >= 15 is 0 Å². The molecule has 0 bridgehead atoms. The van der Waals surface area contributed by atoms with Crippen LogP contribution in [0.3, 0.4) is 0 Å². The van der Waals surface area contributed by atoms with Crippen molar-refractivity contribution in [3.63, 3.8) is 0 Å². The Morgan fingerprint density at radius 3 is 2.95 bits per heavy atom. The summed E-state index contributed by atoms with van der Waals surface area (Å²) in [6.07, 6.45) is 2.59. The number of aromatic nitrogens is 6. The average molecular weight is 287 g/mol. The van der Waals surface area contributed by atoms with Crippen LogP contribution in [0, 0.1) is 10.1 Å². The van der Waals surface area contributed by atoms with E-state index in [1.54, 1.807) is 21.6 Å². The summed E-state index contributed by atoms with van der Waals surface area (Å²) in [5, 5.41) is 27.5. The van der Waals surface area contributed by atoms with Gasteiger partial charge in [-0.25, -0.2) is 4.68 Å². The predicted molar refractivity (Wildman–Crippen MR) is 73.6 cm³/mol. The van der Waals surface area contributed by atoms with Crippen molar-refractivity contribution in [3.05, 3.63) is 40.3 Å². The van der Waals surface area contributed by atoms with E-state index in [1.165, 1.54) is 12.1 Å². The lowest BCUT2D eigenvalue weighted by Crippen LogP contribution is -2.10. The molecule has 0 aliphatic heterocycles. The molecule has 0 unspecified atom stereocenters. The molecule has 0 saturated carbocycles. The van der Waals surface area contributed by atoms with Crippen LogP contribution in [-0.2, 0) is 13.1 Å². The third kappa shape index (κ3) is 2.45. The molecule has 0 fully saturated rings. The number of fused-ring (bicyclic) bond motifs is 1. The van der Waals surface area contributed by atoms with Crippen LogP contribution in [0.15, 0.2) is 24.4 Å². The lowest BCUT2D eigenvalue weighted by molar-refractivity contribution is -0.384. The van der Waals surface area contributed by atoms with Gasteiger partial charge in [0, 0.05) is 24.1 Å². The van der Waals surface area contributed by atoms with E-state index in [9.17, 15) is 10.1 Å². The zero-order valence-corrected chi connectivity index (χ0v) is 11.4. The molecule has 0 amide bonds. The molecule has 21 heavy (non-hydrogen) atoms. The predicted octanol–water partition coefficient (Wildman–Crippen LogP) is 1.39. The molecule has 0 atom stereocenters. The van der Waals surface area contributed by atoms with E-state index in [2.05, 4.69) is 20.6 Å². The smallest absolute Gasteiger partial charge is 0.258 e. The molecule has 0 saturated heterocycles. The van der Waals surface area contributed by atoms with Gasteiger partial charge in [0.1, 0.15) is 6.54 Å². The number of hydrogen-bond donors (Lipinski definition) is 0. The van der Waals surface area contributed by atoms with Crippen molar-refractivity contribution in [1.82, 2.24) is 30.0 Å². The first kappa shape index (κ1) is 13.2. The third-order valence-corrected chi connectivity index (χ3v) is 3.17. The molecule has 0 N–H and O–H groups in total. The Hall–Kier alpha value is -2.84. The summed E-state index contributed by atoms with van der Waals surface area (Å²) in [6, 6.07) is 4.66. The van der Waals surface area contributed by atoms with Crippen molar-refractivity contribution in [2.45, 2.75) is 26.4 Å². The van der Waals surface area contributed by atoms with Gasteiger partial charge in [0.15, 0.2) is 5.82 Å². The van der Waals surface area contributed by atoms with E-state index in [-0.39, 0.29) is 5.69 Å². The van der Waals surface area contributed by atoms with E-state index in [0.29, 0.717) is 17.9 Å². The first-order valence-corrected chi connectivity index (χ1v) is 6.54. The zero-order valence-electron chi connectivity index (χ0n) is 11.4. The van der Waals surface area contributed by atoms with Crippen LogP contribution in [0.25, 0.3) is 10.9 Å². The van der Waals surface area contributed by atoms with Crippen molar-refractivity contribution in [1.29, 1.82) is 0 Å². The maximum atomic E-state index is 10.9. The fourth-order valence-electron chi connectivity index (χ4n) is 2.15. The molecule has 9 nitrogen and oxygen atoms in total. The number of nitrogens with zero attached hydrogens (tertiary/aromatic N) is 7. The number of nitro benzene ring substituents is 1. The standard InChI is InChI=1S/C12H13N7O2/c1-2-5-17-12(14-15-16-17)8-18-11-6-10(19(20)21)4-3-9(11)7-13-18/h3-4,6-7H,2,5,8H2,1H3. The lowest BCUT2D eigenvalue weighted by atomic mass is 10.2. The number of non-ortho nitro benzene ring substituents is 1. The molecule has 0 spiro atoms. The van der Waals surface area contributed by atoms with Gasteiger partial charge in [-0.05, 0) is 22.9 Å². The minimum Gasteiger partial charge on any atom is -0.258 e. The first-order chi connectivity index (χ1) is 10.2. The van der Waals surface area contributed by atoms with Crippen molar-refractivity contribution < 1.29 is 4.92 Å². The van der Waals surface area contributed by atoms with Crippen molar-refractivity contribution in [3.8, 4) is 0 Å². The Morgan fingerprint density at radius 1 is 1.33 bits per heavy atom. The normalized spacial score (nSPS) is 11.1. The van der Waals surface area contributed by atoms with Gasteiger partial charge in [0.25, 0.3) is 5.69 Å². The second-order valence-corrected chi connectivity index (χ2v) is 4.62. The highest BCUT2D eigenvalue weighted by Gasteiger charge is 2.13. The molecule has 108 valence electrons. The van der Waals surface area contributed by atoms with Gasteiger partial charge in [-0.1, -0.05) is 6.92 Å². The summed E-state index contributed by atoms with van der Waals surface area (Å²) in [7, 11) is 0. The van der Waals surface area contributed by atoms with Crippen LogP contribution in [0.5, 0.6) is 0 Å². The van der Waals surface area contributed by atoms with Crippen LogP contribution in [-0.4, -0.2) is 34.9 Å².